The van der Waals surface area contributed by atoms with E-state index in [1.807, 2.05) is 6.20 Å². The van der Waals surface area contributed by atoms with Crippen molar-refractivity contribution in [3.8, 4) is 0 Å². The second kappa shape index (κ2) is 4.93. The number of allylic oxidation sites excluding steroid dienone is 2. The van der Waals surface area contributed by atoms with E-state index in [0.717, 1.165) is 22.7 Å². The van der Waals surface area contributed by atoms with Crippen LogP contribution in [0.15, 0.2) is 58.8 Å². The molecule has 0 amide bonds. The lowest BCUT2D eigenvalue weighted by molar-refractivity contribution is 0.606. The molecule has 0 saturated carbocycles. The van der Waals surface area contributed by atoms with Gasteiger partial charge in [-0.3, -0.25) is 0 Å². The molecule has 2 aliphatic rings. The van der Waals surface area contributed by atoms with Crippen LogP contribution in [0.5, 0.6) is 0 Å². The molecular formula is C17H17N3. The minimum Gasteiger partial charge on any atom is -0.328 e. The number of nitrogens with one attached hydrogen (secondary N) is 1. The van der Waals surface area contributed by atoms with Crippen LogP contribution in [-0.2, 0) is 0 Å². The van der Waals surface area contributed by atoms with Gasteiger partial charge >= 0.3 is 0 Å². The second-order valence-corrected chi connectivity index (χ2v) is 5.19. The summed E-state index contributed by atoms with van der Waals surface area (Å²) in [5.74, 6) is 0.950. The van der Waals surface area contributed by atoms with Crippen molar-refractivity contribution in [2.24, 2.45) is 4.99 Å². The van der Waals surface area contributed by atoms with E-state index < -0.39 is 0 Å². The van der Waals surface area contributed by atoms with Crippen molar-refractivity contribution in [2.45, 2.75) is 13.8 Å². The number of benzene rings is 1. The Bertz CT molecular complexity index is 673. The maximum atomic E-state index is 7.65. The molecule has 1 N–H and O–H groups in total. The van der Waals surface area contributed by atoms with Gasteiger partial charge in [0, 0.05) is 23.6 Å². The van der Waals surface area contributed by atoms with E-state index in [9.17, 15) is 0 Å². The Morgan fingerprint density at radius 3 is 2.65 bits per heavy atom. The van der Waals surface area contributed by atoms with Crippen LogP contribution in [0, 0.1) is 12.3 Å². The summed E-state index contributed by atoms with van der Waals surface area (Å²) in [5.41, 5.74) is 5.34. The molecule has 0 radical (unpaired) electrons. The van der Waals surface area contributed by atoms with Crippen LogP contribution in [0.2, 0.25) is 0 Å². The Balaban J connectivity index is 2.08. The number of hydrogen-bond acceptors (Lipinski definition) is 3. The fourth-order valence-electron chi connectivity index (χ4n) is 2.37. The molecule has 100 valence electrons. The summed E-state index contributed by atoms with van der Waals surface area (Å²) in [6, 6.07) is 8.31. The molecule has 0 unspecified atom stereocenters. The Morgan fingerprint density at radius 2 is 1.95 bits per heavy atom. The average Bonchev–Trinajstić information content (AvgIpc) is 2.46. The van der Waals surface area contributed by atoms with Crippen molar-refractivity contribution >= 4 is 17.7 Å². The van der Waals surface area contributed by atoms with Crippen molar-refractivity contribution in [1.82, 2.24) is 4.90 Å². The van der Waals surface area contributed by atoms with Crippen LogP contribution in [0.1, 0.15) is 18.1 Å². The third-order valence-corrected chi connectivity index (χ3v) is 3.54. The summed E-state index contributed by atoms with van der Waals surface area (Å²) in [6.45, 7) is 4.84. The van der Waals surface area contributed by atoms with Gasteiger partial charge in [0.15, 0.2) is 0 Å². The molecule has 1 aromatic carbocycles. The van der Waals surface area contributed by atoms with Gasteiger partial charge in [-0.05, 0) is 31.6 Å². The molecule has 2 aliphatic heterocycles. The predicted octanol–water partition coefficient (Wildman–Crippen LogP) is 3.54. The first-order valence-corrected chi connectivity index (χ1v) is 6.70. The topological polar surface area (TPSA) is 39.5 Å². The first-order chi connectivity index (χ1) is 9.67. The molecule has 0 fully saturated rings. The summed E-state index contributed by atoms with van der Waals surface area (Å²) >= 11 is 0. The van der Waals surface area contributed by atoms with Gasteiger partial charge in [-0.25, -0.2) is 4.99 Å². The van der Waals surface area contributed by atoms with Crippen LogP contribution in [0.25, 0.3) is 5.70 Å². The lowest BCUT2D eigenvalue weighted by atomic mass is 10.0. The molecule has 1 aromatic rings. The van der Waals surface area contributed by atoms with E-state index in [1.165, 1.54) is 17.4 Å². The Labute approximate surface area is 119 Å². The fraction of sp³-hybridized carbons (Fsp3) is 0.176. The molecule has 3 heteroatoms. The first kappa shape index (κ1) is 12.6. The highest BCUT2D eigenvalue weighted by Gasteiger charge is 2.20. The SMILES string of the molecule is CC1=CC2=NC(c3ccc(C)cc3)=C(C=N)CN2C=C1. The highest BCUT2D eigenvalue weighted by Crippen LogP contribution is 2.27. The van der Waals surface area contributed by atoms with E-state index >= 15 is 0 Å². The average molecular weight is 263 g/mol. The fourth-order valence-corrected chi connectivity index (χ4v) is 2.37. The third kappa shape index (κ3) is 2.23. The van der Waals surface area contributed by atoms with Crippen LogP contribution < -0.4 is 0 Å². The molecule has 0 saturated heterocycles. The van der Waals surface area contributed by atoms with E-state index in [-0.39, 0.29) is 0 Å². The minimum absolute atomic E-state index is 0.700. The monoisotopic (exact) mass is 263 g/mol. The Kier molecular flexibility index (Phi) is 3.11. The molecule has 2 heterocycles. The zero-order valence-corrected chi connectivity index (χ0v) is 11.7. The number of aliphatic imine (C=N–C) groups is 1. The van der Waals surface area contributed by atoms with Gasteiger partial charge in [-0.1, -0.05) is 29.8 Å². The second-order valence-electron chi connectivity index (χ2n) is 5.19. The summed E-state index contributed by atoms with van der Waals surface area (Å²) in [7, 11) is 0. The maximum Gasteiger partial charge on any atom is 0.133 e. The van der Waals surface area contributed by atoms with Gasteiger partial charge < -0.3 is 10.3 Å². The van der Waals surface area contributed by atoms with Crippen molar-refractivity contribution in [1.29, 1.82) is 5.41 Å². The van der Waals surface area contributed by atoms with Gasteiger partial charge in [0.2, 0.25) is 0 Å². The molecular weight excluding hydrogens is 246 g/mol. The van der Waals surface area contributed by atoms with Crippen molar-refractivity contribution in [3.63, 3.8) is 0 Å². The van der Waals surface area contributed by atoms with Gasteiger partial charge in [-0.2, -0.15) is 0 Å². The van der Waals surface area contributed by atoms with Crippen molar-refractivity contribution in [3.05, 3.63) is 64.9 Å². The molecule has 0 aromatic heterocycles. The highest BCUT2D eigenvalue weighted by atomic mass is 15.2. The van der Waals surface area contributed by atoms with Crippen LogP contribution in [-0.4, -0.2) is 23.5 Å². The number of hydrogen-bond donors (Lipinski definition) is 1. The Hall–Kier alpha value is -2.42. The molecule has 3 rings (SSSR count). The van der Waals surface area contributed by atoms with Crippen molar-refractivity contribution in [2.75, 3.05) is 6.54 Å². The van der Waals surface area contributed by atoms with Gasteiger partial charge in [0.25, 0.3) is 0 Å². The van der Waals surface area contributed by atoms with E-state index in [1.54, 1.807) is 0 Å². The zero-order valence-electron chi connectivity index (χ0n) is 11.7. The smallest absolute Gasteiger partial charge is 0.133 e. The first-order valence-electron chi connectivity index (χ1n) is 6.70. The molecule has 0 aliphatic carbocycles. The van der Waals surface area contributed by atoms with Crippen molar-refractivity contribution < 1.29 is 0 Å². The standard InChI is InChI=1S/C17H17N3/c1-12-3-5-14(6-4-12)17-15(10-18)11-20-8-7-13(2)9-16(20)19-17/h3-10,18H,11H2,1-2H3. The molecule has 3 nitrogen and oxygen atoms in total. The summed E-state index contributed by atoms with van der Waals surface area (Å²) < 4.78 is 0. The van der Waals surface area contributed by atoms with E-state index in [2.05, 4.69) is 55.2 Å². The summed E-state index contributed by atoms with van der Waals surface area (Å²) in [5, 5.41) is 7.65. The highest BCUT2D eigenvalue weighted by molar-refractivity contribution is 6.04. The third-order valence-electron chi connectivity index (χ3n) is 3.54. The predicted molar refractivity (Wildman–Crippen MR) is 83.9 cm³/mol. The minimum atomic E-state index is 0.700. The number of fused-ring (bicyclic) bond motifs is 1. The lowest BCUT2D eigenvalue weighted by Gasteiger charge is -2.29. The maximum absolute atomic E-state index is 7.65. The molecule has 0 bridgehead atoms. The summed E-state index contributed by atoms with van der Waals surface area (Å²) in [4.78, 5) is 6.82. The van der Waals surface area contributed by atoms with E-state index in [0.29, 0.717) is 6.54 Å². The number of amidine groups is 1. The van der Waals surface area contributed by atoms with Crippen LogP contribution in [0.4, 0.5) is 0 Å². The molecule has 20 heavy (non-hydrogen) atoms. The molecule has 0 spiro atoms. The van der Waals surface area contributed by atoms with E-state index in [4.69, 9.17) is 10.4 Å². The summed E-state index contributed by atoms with van der Waals surface area (Å²) in [6.07, 6.45) is 7.59. The van der Waals surface area contributed by atoms with Crippen LogP contribution >= 0.6 is 0 Å². The van der Waals surface area contributed by atoms with Gasteiger partial charge in [-0.15, -0.1) is 0 Å². The largest absolute Gasteiger partial charge is 0.328 e. The normalized spacial score (nSPS) is 17.6. The Morgan fingerprint density at radius 1 is 1.20 bits per heavy atom. The van der Waals surface area contributed by atoms with Crippen LogP contribution in [0.3, 0.4) is 0 Å². The molecule has 0 atom stereocenters. The lowest BCUT2D eigenvalue weighted by Crippen LogP contribution is -2.32. The zero-order chi connectivity index (χ0) is 14.1. The number of aryl methyl sites for hydroxylation is 1. The quantitative estimate of drug-likeness (QED) is 0.814. The number of rotatable bonds is 2. The van der Waals surface area contributed by atoms with Gasteiger partial charge in [0.05, 0.1) is 12.2 Å². The van der Waals surface area contributed by atoms with Gasteiger partial charge in [0.1, 0.15) is 5.84 Å². The number of nitrogens with zero attached hydrogens (tertiary/aromatic N) is 2.